The van der Waals surface area contributed by atoms with Crippen LogP contribution < -0.4 is 0 Å². The summed E-state index contributed by atoms with van der Waals surface area (Å²) >= 11 is 0. The van der Waals surface area contributed by atoms with Gasteiger partial charge in [0.05, 0.1) is 6.20 Å². The first-order chi connectivity index (χ1) is 21.3. The molecule has 9 aromatic rings. The van der Waals surface area contributed by atoms with Crippen LogP contribution in [0.2, 0.25) is 0 Å². The number of benzene rings is 6. The van der Waals surface area contributed by atoms with Crippen LogP contribution >= 0.6 is 0 Å². The fourth-order valence-electron chi connectivity index (χ4n) is 6.18. The Balaban J connectivity index is 1.27. The maximum Gasteiger partial charge on any atom is 0.164 e. The number of hydrogen-bond donors (Lipinski definition) is 0. The Morgan fingerprint density at radius 1 is 0.442 bits per heavy atom. The van der Waals surface area contributed by atoms with E-state index in [9.17, 15) is 0 Å². The fraction of sp³-hybridized carbons (Fsp3) is 0. The van der Waals surface area contributed by atoms with E-state index in [0.717, 1.165) is 44.0 Å². The molecule has 5 nitrogen and oxygen atoms in total. The zero-order chi connectivity index (χ0) is 28.3. The van der Waals surface area contributed by atoms with Crippen LogP contribution in [0.25, 0.3) is 88.4 Å². The summed E-state index contributed by atoms with van der Waals surface area (Å²) in [7, 11) is 0. The third-order valence-corrected chi connectivity index (χ3v) is 8.21. The minimum absolute atomic E-state index is 0.596. The molecule has 0 unspecified atom stereocenters. The van der Waals surface area contributed by atoms with Gasteiger partial charge < -0.3 is 4.42 Å². The highest BCUT2D eigenvalue weighted by Crippen LogP contribution is 2.37. The van der Waals surface area contributed by atoms with Crippen molar-refractivity contribution in [1.29, 1.82) is 0 Å². The second-order valence-electron chi connectivity index (χ2n) is 10.7. The Morgan fingerprint density at radius 3 is 2.05 bits per heavy atom. The summed E-state index contributed by atoms with van der Waals surface area (Å²) in [5.74, 6) is 1.84. The second kappa shape index (κ2) is 9.29. The molecule has 43 heavy (non-hydrogen) atoms. The van der Waals surface area contributed by atoms with Gasteiger partial charge in [-0.3, -0.25) is 4.98 Å². The van der Waals surface area contributed by atoms with E-state index in [1.165, 1.54) is 26.9 Å². The first kappa shape index (κ1) is 23.7. The summed E-state index contributed by atoms with van der Waals surface area (Å²) in [4.78, 5) is 19.3. The number of hydrogen-bond acceptors (Lipinski definition) is 5. The molecule has 0 aliphatic heterocycles. The maximum absolute atomic E-state index is 6.12. The van der Waals surface area contributed by atoms with Gasteiger partial charge in [-0.2, -0.15) is 0 Å². The quantitative estimate of drug-likeness (QED) is 0.205. The lowest BCUT2D eigenvalue weighted by Gasteiger charge is -2.11. The van der Waals surface area contributed by atoms with Crippen molar-refractivity contribution in [2.45, 2.75) is 0 Å². The van der Waals surface area contributed by atoms with Gasteiger partial charge in [0.2, 0.25) is 0 Å². The average molecular weight is 551 g/mol. The SMILES string of the molecule is c1ccc(-c2nc(-c3ccc4c(ccc5c6ccccc6ccc45)c3)nc(-c3cccc4oc5cnccc5c34)n2)cc1. The molecule has 0 saturated heterocycles. The monoisotopic (exact) mass is 550 g/mol. The van der Waals surface area contributed by atoms with Crippen molar-refractivity contribution >= 4 is 54.3 Å². The highest BCUT2D eigenvalue weighted by molar-refractivity contribution is 6.17. The van der Waals surface area contributed by atoms with Crippen molar-refractivity contribution < 1.29 is 4.42 Å². The molecule has 0 aliphatic carbocycles. The van der Waals surface area contributed by atoms with Crippen molar-refractivity contribution in [1.82, 2.24) is 19.9 Å². The number of fused-ring (bicyclic) bond motifs is 8. The van der Waals surface area contributed by atoms with E-state index in [0.29, 0.717) is 17.5 Å². The number of aromatic nitrogens is 4. The van der Waals surface area contributed by atoms with E-state index in [-0.39, 0.29) is 0 Å². The van der Waals surface area contributed by atoms with Gasteiger partial charge in [0, 0.05) is 33.7 Å². The average Bonchev–Trinajstić information content (AvgIpc) is 3.47. The molecule has 0 amide bonds. The van der Waals surface area contributed by atoms with Crippen LogP contribution in [-0.2, 0) is 0 Å². The predicted molar refractivity (Wildman–Crippen MR) is 174 cm³/mol. The Morgan fingerprint density at radius 2 is 1.16 bits per heavy atom. The highest BCUT2D eigenvalue weighted by atomic mass is 16.3. The number of furan rings is 1. The van der Waals surface area contributed by atoms with Crippen molar-refractivity contribution in [3.63, 3.8) is 0 Å². The van der Waals surface area contributed by atoms with E-state index < -0.39 is 0 Å². The first-order valence-corrected chi connectivity index (χ1v) is 14.2. The standard InChI is InChI=1S/C38H22N4O/c1-2-8-24(9-3-1)36-40-37(42-38(41-36)32-11-6-12-33-35(32)31-19-20-39-22-34(31)43-33)26-15-16-28-25(21-26)14-18-29-27-10-5-4-7-23(27)13-17-30(28)29/h1-22H. The molecular weight excluding hydrogens is 528 g/mol. The molecule has 0 radical (unpaired) electrons. The summed E-state index contributed by atoms with van der Waals surface area (Å²) < 4.78 is 6.12. The van der Waals surface area contributed by atoms with E-state index in [4.69, 9.17) is 19.4 Å². The van der Waals surface area contributed by atoms with Crippen molar-refractivity contribution in [2.75, 3.05) is 0 Å². The third-order valence-electron chi connectivity index (χ3n) is 8.21. The Labute approximate surface area is 246 Å². The van der Waals surface area contributed by atoms with Gasteiger partial charge in [-0.25, -0.2) is 15.0 Å². The molecule has 0 aliphatic rings. The minimum Gasteiger partial charge on any atom is -0.454 e. The smallest absolute Gasteiger partial charge is 0.164 e. The largest absolute Gasteiger partial charge is 0.454 e. The molecule has 3 heterocycles. The molecule has 200 valence electrons. The molecule has 3 aromatic heterocycles. The van der Waals surface area contributed by atoms with Crippen molar-refractivity contribution in [3.05, 3.63) is 134 Å². The van der Waals surface area contributed by atoms with Crippen molar-refractivity contribution in [2.24, 2.45) is 0 Å². The second-order valence-corrected chi connectivity index (χ2v) is 10.7. The lowest BCUT2D eigenvalue weighted by atomic mass is 9.96. The van der Waals surface area contributed by atoms with Gasteiger partial charge in [0.1, 0.15) is 5.58 Å². The molecule has 0 N–H and O–H groups in total. The zero-order valence-electron chi connectivity index (χ0n) is 22.9. The van der Waals surface area contributed by atoms with Gasteiger partial charge >= 0.3 is 0 Å². The normalized spacial score (nSPS) is 11.7. The lowest BCUT2D eigenvalue weighted by Crippen LogP contribution is -2.00. The van der Waals surface area contributed by atoms with Gasteiger partial charge in [-0.05, 0) is 50.5 Å². The van der Waals surface area contributed by atoms with Crippen LogP contribution in [-0.4, -0.2) is 19.9 Å². The fourth-order valence-corrected chi connectivity index (χ4v) is 6.18. The van der Waals surface area contributed by atoms with Crippen LogP contribution in [0.1, 0.15) is 0 Å². The highest BCUT2D eigenvalue weighted by Gasteiger charge is 2.18. The van der Waals surface area contributed by atoms with E-state index in [1.807, 2.05) is 54.6 Å². The van der Waals surface area contributed by atoms with E-state index >= 15 is 0 Å². The molecule has 0 spiro atoms. The molecule has 9 rings (SSSR count). The Kier molecular flexibility index (Phi) is 5.13. The van der Waals surface area contributed by atoms with Crippen LogP contribution in [0.4, 0.5) is 0 Å². The van der Waals surface area contributed by atoms with Gasteiger partial charge in [0.25, 0.3) is 0 Å². The van der Waals surface area contributed by atoms with Gasteiger partial charge in [0.15, 0.2) is 23.1 Å². The van der Waals surface area contributed by atoms with Crippen LogP contribution in [0.15, 0.2) is 138 Å². The van der Waals surface area contributed by atoms with Crippen LogP contribution in [0.5, 0.6) is 0 Å². The third kappa shape index (κ3) is 3.79. The summed E-state index contributed by atoms with van der Waals surface area (Å²) in [6.07, 6.45) is 3.53. The molecule has 5 heteroatoms. The van der Waals surface area contributed by atoms with Crippen LogP contribution in [0.3, 0.4) is 0 Å². The topological polar surface area (TPSA) is 64.7 Å². The number of nitrogens with zero attached hydrogens (tertiary/aromatic N) is 4. The molecule has 0 atom stereocenters. The molecule has 6 aromatic carbocycles. The van der Waals surface area contributed by atoms with Crippen molar-refractivity contribution in [3.8, 4) is 34.2 Å². The summed E-state index contributed by atoms with van der Waals surface area (Å²) in [5.41, 5.74) is 4.26. The van der Waals surface area contributed by atoms with Gasteiger partial charge in [-0.1, -0.05) is 103 Å². The Hall–Kier alpha value is -5.94. The molecule has 0 fully saturated rings. The van der Waals surface area contributed by atoms with Gasteiger partial charge in [-0.15, -0.1) is 0 Å². The Bertz CT molecular complexity index is 2520. The minimum atomic E-state index is 0.596. The zero-order valence-corrected chi connectivity index (χ0v) is 22.9. The van der Waals surface area contributed by atoms with E-state index in [2.05, 4.69) is 71.7 Å². The molecule has 0 saturated carbocycles. The summed E-state index contributed by atoms with van der Waals surface area (Å²) in [6.45, 7) is 0. The lowest BCUT2D eigenvalue weighted by molar-refractivity contribution is 0.667. The molecular formula is C38H22N4O. The van der Waals surface area contributed by atoms with E-state index in [1.54, 1.807) is 12.4 Å². The first-order valence-electron chi connectivity index (χ1n) is 14.2. The molecule has 0 bridgehead atoms. The summed E-state index contributed by atoms with van der Waals surface area (Å²) in [6, 6.07) is 41.9. The van der Waals surface area contributed by atoms with Crippen LogP contribution in [0, 0.1) is 0 Å². The number of rotatable bonds is 3. The maximum atomic E-state index is 6.12. The summed E-state index contributed by atoms with van der Waals surface area (Å²) in [5, 5.41) is 9.28. The predicted octanol–water partition coefficient (Wildman–Crippen LogP) is 9.63. The number of pyridine rings is 1.